The molecule has 11 heteroatoms. The van der Waals surface area contributed by atoms with Crippen LogP contribution in [0.1, 0.15) is 36.5 Å². The Hall–Kier alpha value is -3.31. The highest BCUT2D eigenvalue weighted by molar-refractivity contribution is 7.88. The molecule has 2 aromatic rings. The number of urea groups is 1. The number of sulfonamides is 1. The molecule has 0 unspecified atom stereocenters. The van der Waals surface area contributed by atoms with Crippen molar-refractivity contribution in [2.75, 3.05) is 58.6 Å². The lowest BCUT2D eigenvalue weighted by atomic mass is 9.92. The van der Waals surface area contributed by atoms with E-state index in [9.17, 15) is 13.2 Å². The molecule has 10 nitrogen and oxygen atoms in total. The Kier molecular flexibility index (Phi) is 8.47. The van der Waals surface area contributed by atoms with Gasteiger partial charge in [0.2, 0.25) is 10.0 Å². The van der Waals surface area contributed by atoms with Crippen molar-refractivity contribution in [3.8, 4) is 11.5 Å². The topological polar surface area (TPSA) is 104 Å². The summed E-state index contributed by atoms with van der Waals surface area (Å²) in [5, 5.41) is 9.23. The fourth-order valence-electron chi connectivity index (χ4n) is 5.10. The van der Waals surface area contributed by atoms with Gasteiger partial charge in [-0.25, -0.2) is 18.2 Å². The van der Waals surface area contributed by atoms with Gasteiger partial charge in [0.15, 0.2) is 11.5 Å². The third-order valence-electron chi connectivity index (χ3n) is 7.13. The molecule has 2 heterocycles. The highest BCUT2D eigenvalue weighted by atomic mass is 32.2. The number of fused-ring (bicyclic) bond motifs is 1. The fraction of sp³-hybridized carbons (Fsp3) is 0.481. The molecular weight excluding hydrogens is 506 g/mol. The average Bonchev–Trinajstić information content (AvgIpc) is 3.08. The molecule has 1 atom stereocenters. The van der Waals surface area contributed by atoms with Gasteiger partial charge in [-0.3, -0.25) is 0 Å². The molecule has 38 heavy (non-hydrogen) atoms. The summed E-state index contributed by atoms with van der Waals surface area (Å²) in [7, 11) is 1.65. The normalized spacial score (nSPS) is 18.3. The predicted octanol–water partition coefficient (Wildman–Crippen LogP) is 2.90. The van der Waals surface area contributed by atoms with Crippen LogP contribution in [0.5, 0.6) is 11.5 Å². The third kappa shape index (κ3) is 5.73. The van der Waals surface area contributed by atoms with Crippen LogP contribution >= 0.6 is 0 Å². The molecular formula is C27H37N5O5S. The summed E-state index contributed by atoms with van der Waals surface area (Å²) >= 11 is 0. The molecule has 1 saturated heterocycles. The van der Waals surface area contributed by atoms with E-state index in [2.05, 4.69) is 17.1 Å². The summed E-state index contributed by atoms with van der Waals surface area (Å²) in [6.45, 7) is 4.26. The van der Waals surface area contributed by atoms with E-state index in [0.717, 1.165) is 35.2 Å². The van der Waals surface area contributed by atoms with Crippen LogP contribution in [-0.2, 0) is 16.4 Å². The number of carbonyl (C=O) groups is 1. The maximum atomic E-state index is 12.9. The van der Waals surface area contributed by atoms with Crippen LogP contribution in [0.15, 0.2) is 41.5 Å². The fourth-order valence-corrected chi connectivity index (χ4v) is 5.93. The number of nitrogens with one attached hydrogen (secondary N) is 1. The second kappa shape index (κ2) is 11.6. The molecule has 0 aromatic heterocycles. The van der Waals surface area contributed by atoms with E-state index in [-0.39, 0.29) is 12.1 Å². The van der Waals surface area contributed by atoms with Crippen molar-refractivity contribution in [3.63, 3.8) is 0 Å². The molecule has 4 rings (SSSR count). The predicted molar refractivity (Wildman–Crippen MR) is 149 cm³/mol. The monoisotopic (exact) mass is 543 g/mol. The van der Waals surface area contributed by atoms with Crippen molar-refractivity contribution in [1.82, 2.24) is 14.6 Å². The highest BCUT2D eigenvalue weighted by Crippen LogP contribution is 2.35. The van der Waals surface area contributed by atoms with E-state index in [1.54, 1.807) is 26.3 Å². The summed E-state index contributed by atoms with van der Waals surface area (Å²) in [5.74, 6) is 1.23. The molecule has 0 radical (unpaired) electrons. The number of carbonyl (C=O) groups excluding carboxylic acids is 1. The lowest BCUT2D eigenvalue weighted by Gasteiger charge is -2.34. The first-order valence-electron chi connectivity index (χ1n) is 12.9. The standard InChI is InChI=1S/C27H37N5O5S/c1-6-7-22-16-20-17-24(36-3)25(37-4)18-23(20)26(29-32(22)27(33)28-2)19-8-10-21(11-9-19)30-12-14-31(15-13-30)38(5,34)35/h8-11,17-18,22H,6-7,12-16H2,1-5H3,(H,28,33)/t22-/m0/s1. The Morgan fingerprint density at radius 2 is 1.68 bits per heavy atom. The molecule has 1 N–H and O–H groups in total. The maximum absolute atomic E-state index is 12.9. The summed E-state index contributed by atoms with van der Waals surface area (Å²) in [5.41, 5.74) is 4.48. The summed E-state index contributed by atoms with van der Waals surface area (Å²) in [6, 6.07) is 11.6. The van der Waals surface area contributed by atoms with E-state index in [0.29, 0.717) is 49.8 Å². The van der Waals surface area contributed by atoms with Crippen LogP contribution in [0.3, 0.4) is 0 Å². The Labute approximate surface area is 225 Å². The lowest BCUT2D eigenvalue weighted by Crippen LogP contribution is -2.48. The number of hydrogen-bond donors (Lipinski definition) is 1. The van der Waals surface area contributed by atoms with Gasteiger partial charge in [0, 0.05) is 50.0 Å². The zero-order chi connectivity index (χ0) is 27.4. The van der Waals surface area contributed by atoms with Crippen LogP contribution in [-0.4, -0.2) is 89.2 Å². The first-order chi connectivity index (χ1) is 18.2. The van der Waals surface area contributed by atoms with Crippen LogP contribution in [0, 0.1) is 0 Å². The third-order valence-corrected chi connectivity index (χ3v) is 8.43. The van der Waals surface area contributed by atoms with Gasteiger partial charge in [-0.1, -0.05) is 25.5 Å². The van der Waals surface area contributed by atoms with Crippen molar-refractivity contribution < 1.29 is 22.7 Å². The number of piperazine rings is 1. The Balaban J connectivity index is 1.73. The molecule has 0 spiro atoms. The van der Waals surface area contributed by atoms with Gasteiger partial charge < -0.3 is 19.7 Å². The number of anilines is 1. The molecule has 0 bridgehead atoms. The summed E-state index contributed by atoms with van der Waals surface area (Å²) < 4.78 is 36.4. The second-order valence-electron chi connectivity index (χ2n) is 9.56. The Bertz CT molecular complexity index is 1290. The van der Waals surface area contributed by atoms with Crippen molar-refractivity contribution in [2.45, 2.75) is 32.2 Å². The molecule has 2 aromatic carbocycles. The van der Waals surface area contributed by atoms with Gasteiger partial charge in [0.25, 0.3) is 0 Å². The van der Waals surface area contributed by atoms with E-state index in [1.807, 2.05) is 36.4 Å². The van der Waals surface area contributed by atoms with Gasteiger partial charge in [0.05, 0.1) is 32.2 Å². The number of methoxy groups -OCH3 is 2. The van der Waals surface area contributed by atoms with E-state index in [1.165, 1.54) is 10.6 Å². The SMILES string of the molecule is CCC[C@H]1Cc2cc(OC)c(OC)cc2C(c2ccc(N3CCN(S(C)(=O)=O)CC3)cc2)=NN1C(=O)NC. The zero-order valence-corrected chi connectivity index (χ0v) is 23.5. The van der Waals surface area contributed by atoms with Crippen LogP contribution in [0.4, 0.5) is 10.5 Å². The van der Waals surface area contributed by atoms with Gasteiger partial charge in [0.1, 0.15) is 0 Å². The first kappa shape index (κ1) is 27.7. The van der Waals surface area contributed by atoms with Gasteiger partial charge in [-0.15, -0.1) is 0 Å². The van der Waals surface area contributed by atoms with E-state index < -0.39 is 10.0 Å². The lowest BCUT2D eigenvalue weighted by molar-refractivity contribution is 0.175. The van der Waals surface area contributed by atoms with Gasteiger partial charge >= 0.3 is 6.03 Å². The first-order valence-corrected chi connectivity index (χ1v) is 14.7. The Morgan fingerprint density at radius 1 is 1.05 bits per heavy atom. The number of ether oxygens (including phenoxy) is 2. The smallest absolute Gasteiger partial charge is 0.337 e. The number of nitrogens with zero attached hydrogens (tertiary/aromatic N) is 4. The van der Waals surface area contributed by atoms with Crippen LogP contribution < -0.4 is 19.7 Å². The Morgan fingerprint density at radius 3 is 2.24 bits per heavy atom. The van der Waals surface area contributed by atoms with Crippen LogP contribution in [0.25, 0.3) is 0 Å². The molecule has 2 aliphatic rings. The minimum Gasteiger partial charge on any atom is -0.493 e. The number of benzene rings is 2. The molecule has 2 amide bonds. The molecule has 206 valence electrons. The minimum atomic E-state index is -3.18. The van der Waals surface area contributed by atoms with Crippen LogP contribution in [0.2, 0.25) is 0 Å². The molecule has 2 aliphatic heterocycles. The quantitative estimate of drug-likeness (QED) is 0.576. The zero-order valence-electron chi connectivity index (χ0n) is 22.7. The molecule has 0 aliphatic carbocycles. The molecule has 0 saturated carbocycles. The van der Waals surface area contributed by atoms with Gasteiger partial charge in [-0.2, -0.15) is 9.41 Å². The number of hydrazone groups is 1. The number of amides is 2. The van der Waals surface area contributed by atoms with Crippen molar-refractivity contribution in [1.29, 1.82) is 0 Å². The molecule has 1 fully saturated rings. The maximum Gasteiger partial charge on any atom is 0.337 e. The van der Waals surface area contributed by atoms with E-state index >= 15 is 0 Å². The average molecular weight is 544 g/mol. The van der Waals surface area contributed by atoms with Crippen molar-refractivity contribution in [3.05, 3.63) is 53.1 Å². The van der Waals surface area contributed by atoms with E-state index in [4.69, 9.17) is 14.6 Å². The number of hydrogen-bond acceptors (Lipinski definition) is 7. The number of rotatable bonds is 7. The summed E-state index contributed by atoms with van der Waals surface area (Å²) in [6.07, 6.45) is 3.59. The largest absolute Gasteiger partial charge is 0.493 e. The minimum absolute atomic E-state index is 0.111. The second-order valence-corrected chi connectivity index (χ2v) is 11.5. The highest BCUT2D eigenvalue weighted by Gasteiger charge is 2.30. The van der Waals surface area contributed by atoms with Crippen molar-refractivity contribution >= 4 is 27.5 Å². The van der Waals surface area contributed by atoms with Gasteiger partial charge in [-0.05, 0) is 42.7 Å². The summed E-state index contributed by atoms with van der Waals surface area (Å²) in [4.78, 5) is 15.1. The van der Waals surface area contributed by atoms with Crippen molar-refractivity contribution in [2.24, 2.45) is 5.10 Å².